The van der Waals surface area contributed by atoms with Crippen molar-refractivity contribution < 1.29 is 14.3 Å². The fourth-order valence-corrected chi connectivity index (χ4v) is 3.04. The van der Waals surface area contributed by atoms with Gasteiger partial charge < -0.3 is 20.1 Å². The topological polar surface area (TPSA) is 59.6 Å². The maximum absolute atomic E-state index is 12.5. The zero-order valence-electron chi connectivity index (χ0n) is 15.1. The minimum absolute atomic E-state index is 0.149. The zero-order chi connectivity index (χ0) is 18.7. The molecule has 2 aromatic rings. The summed E-state index contributed by atoms with van der Waals surface area (Å²) >= 11 is 5.87. The molecule has 0 fully saturated rings. The van der Waals surface area contributed by atoms with E-state index in [1.807, 2.05) is 26.0 Å². The summed E-state index contributed by atoms with van der Waals surface area (Å²) in [6, 6.07) is 10.5. The number of hydrogen-bond donors (Lipinski definition) is 2. The third kappa shape index (κ3) is 4.22. The Bertz CT molecular complexity index is 792. The molecule has 0 aliphatic carbocycles. The molecular formula is C20H23ClN2O3. The molecule has 26 heavy (non-hydrogen) atoms. The molecule has 5 nitrogen and oxygen atoms in total. The molecule has 0 radical (unpaired) electrons. The van der Waals surface area contributed by atoms with Gasteiger partial charge >= 0.3 is 0 Å². The van der Waals surface area contributed by atoms with E-state index in [9.17, 15) is 4.79 Å². The molecule has 1 heterocycles. The van der Waals surface area contributed by atoms with Crippen LogP contribution in [0.15, 0.2) is 36.4 Å². The van der Waals surface area contributed by atoms with Crippen molar-refractivity contribution in [3.63, 3.8) is 0 Å². The molecule has 2 atom stereocenters. The van der Waals surface area contributed by atoms with Gasteiger partial charge in [-0.3, -0.25) is 4.79 Å². The Morgan fingerprint density at radius 1 is 1.35 bits per heavy atom. The molecule has 0 saturated carbocycles. The molecule has 3 rings (SSSR count). The molecule has 1 aliphatic rings. The first-order valence-corrected chi connectivity index (χ1v) is 9.13. The lowest BCUT2D eigenvalue weighted by Gasteiger charge is -2.19. The summed E-state index contributed by atoms with van der Waals surface area (Å²) in [7, 11) is 0. The minimum atomic E-state index is -0.457. The third-order valence-corrected chi connectivity index (χ3v) is 4.43. The number of nitrogens with one attached hydrogen (secondary N) is 2. The van der Waals surface area contributed by atoms with Gasteiger partial charge in [0.2, 0.25) is 5.91 Å². The van der Waals surface area contributed by atoms with Gasteiger partial charge in [-0.2, -0.15) is 0 Å². The Kier molecular flexibility index (Phi) is 5.57. The number of halogens is 1. The van der Waals surface area contributed by atoms with Gasteiger partial charge in [-0.25, -0.2) is 0 Å². The summed E-state index contributed by atoms with van der Waals surface area (Å²) in [5.74, 6) is 1.42. The number of ether oxygens (including phenoxy) is 2. The Morgan fingerprint density at radius 3 is 2.77 bits per heavy atom. The van der Waals surface area contributed by atoms with E-state index in [-0.39, 0.29) is 12.0 Å². The number of carbonyl (C=O) groups excluding carboxylic acids is 1. The van der Waals surface area contributed by atoms with Crippen molar-refractivity contribution in [1.29, 1.82) is 0 Å². The van der Waals surface area contributed by atoms with E-state index in [2.05, 4.69) is 10.6 Å². The van der Waals surface area contributed by atoms with Crippen LogP contribution in [0.2, 0.25) is 5.02 Å². The molecule has 0 saturated heterocycles. The standard InChI is InChI=1S/C20H23ClN2O3/c1-4-25-19-10-14-9-12(2)26-18(14)11-17(19)22-13(3)20(24)23-16-7-5-15(21)6-8-16/h5-8,10-13,22H,4,9H2,1-3H3,(H,23,24)/t12-,13-/m0/s1. The summed E-state index contributed by atoms with van der Waals surface area (Å²) in [4.78, 5) is 12.5. The normalized spacial score (nSPS) is 16.4. The van der Waals surface area contributed by atoms with Gasteiger partial charge in [0.1, 0.15) is 23.6 Å². The van der Waals surface area contributed by atoms with E-state index in [4.69, 9.17) is 21.1 Å². The van der Waals surface area contributed by atoms with Crippen LogP contribution in [0, 0.1) is 0 Å². The van der Waals surface area contributed by atoms with Crippen molar-refractivity contribution in [2.24, 2.45) is 0 Å². The predicted octanol–water partition coefficient (Wildman–Crippen LogP) is 4.50. The van der Waals surface area contributed by atoms with Crippen LogP contribution in [0.3, 0.4) is 0 Å². The van der Waals surface area contributed by atoms with E-state index < -0.39 is 6.04 Å². The molecule has 1 aliphatic heterocycles. The molecule has 2 N–H and O–H groups in total. The van der Waals surface area contributed by atoms with Crippen LogP contribution < -0.4 is 20.1 Å². The number of anilines is 2. The molecular weight excluding hydrogens is 352 g/mol. The predicted molar refractivity (Wildman–Crippen MR) is 105 cm³/mol. The number of fused-ring (bicyclic) bond motifs is 1. The fraction of sp³-hybridized carbons (Fsp3) is 0.350. The van der Waals surface area contributed by atoms with E-state index in [1.54, 1.807) is 31.2 Å². The Labute approximate surface area is 158 Å². The minimum Gasteiger partial charge on any atom is -0.492 e. The molecule has 138 valence electrons. The number of hydrogen-bond acceptors (Lipinski definition) is 4. The first-order valence-electron chi connectivity index (χ1n) is 8.75. The number of benzene rings is 2. The van der Waals surface area contributed by atoms with Crippen molar-refractivity contribution in [2.75, 3.05) is 17.2 Å². The number of amides is 1. The molecule has 0 spiro atoms. The van der Waals surface area contributed by atoms with E-state index in [0.717, 1.165) is 29.2 Å². The van der Waals surface area contributed by atoms with Crippen LogP contribution in [-0.2, 0) is 11.2 Å². The average Bonchev–Trinajstić information content (AvgIpc) is 2.96. The Hall–Kier alpha value is -2.40. The smallest absolute Gasteiger partial charge is 0.246 e. The van der Waals surface area contributed by atoms with Gasteiger partial charge in [0.25, 0.3) is 0 Å². The first-order chi connectivity index (χ1) is 12.5. The monoisotopic (exact) mass is 374 g/mol. The third-order valence-electron chi connectivity index (χ3n) is 4.18. The molecule has 0 unspecified atom stereocenters. The van der Waals surface area contributed by atoms with Crippen molar-refractivity contribution >= 4 is 28.9 Å². The highest BCUT2D eigenvalue weighted by molar-refractivity contribution is 6.30. The maximum atomic E-state index is 12.5. The van der Waals surface area contributed by atoms with E-state index >= 15 is 0 Å². The summed E-state index contributed by atoms with van der Waals surface area (Å²) in [6.07, 6.45) is 1.02. The van der Waals surface area contributed by atoms with Crippen molar-refractivity contribution in [3.05, 3.63) is 47.0 Å². The van der Waals surface area contributed by atoms with Crippen LogP contribution in [0.5, 0.6) is 11.5 Å². The second-order valence-corrected chi connectivity index (χ2v) is 6.82. The summed E-state index contributed by atoms with van der Waals surface area (Å²) in [5.41, 5.74) is 2.58. The molecule has 1 amide bonds. The molecule has 2 aromatic carbocycles. The maximum Gasteiger partial charge on any atom is 0.246 e. The number of carbonyl (C=O) groups is 1. The Morgan fingerprint density at radius 2 is 2.08 bits per heavy atom. The lowest BCUT2D eigenvalue weighted by molar-refractivity contribution is -0.116. The van der Waals surface area contributed by atoms with Crippen LogP contribution in [-0.4, -0.2) is 24.7 Å². The zero-order valence-corrected chi connectivity index (χ0v) is 15.9. The highest BCUT2D eigenvalue weighted by Gasteiger charge is 2.23. The lowest BCUT2D eigenvalue weighted by atomic mass is 10.1. The van der Waals surface area contributed by atoms with Crippen LogP contribution in [0.1, 0.15) is 26.3 Å². The van der Waals surface area contributed by atoms with Crippen molar-refractivity contribution in [3.8, 4) is 11.5 Å². The van der Waals surface area contributed by atoms with Gasteiger partial charge in [0.15, 0.2) is 0 Å². The second kappa shape index (κ2) is 7.87. The van der Waals surface area contributed by atoms with Gasteiger partial charge in [-0.05, 0) is 51.1 Å². The average molecular weight is 375 g/mol. The van der Waals surface area contributed by atoms with Gasteiger partial charge in [-0.15, -0.1) is 0 Å². The second-order valence-electron chi connectivity index (χ2n) is 6.38. The van der Waals surface area contributed by atoms with Crippen molar-refractivity contribution in [2.45, 2.75) is 39.3 Å². The Balaban J connectivity index is 1.73. The fourth-order valence-electron chi connectivity index (χ4n) is 2.91. The quantitative estimate of drug-likeness (QED) is 0.781. The summed E-state index contributed by atoms with van der Waals surface area (Å²) < 4.78 is 11.6. The van der Waals surface area contributed by atoms with Gasteiger partial charge in [0, 0.05) is 28.8 Å². The SMILES string of the molecule is CCOc1cc2c(cc1N[C@@H](C)C(=O)Nc1ccc(Cl)cc1)O[C@@H](C)C2. The lowest BCUT2D eigenvalue weighted by Crippen LogP contribution is -2.32. The van der Waals surface area contributed by atoms with E-state index in [1.165, 1.54) is 0 Å². The van der Waals surface area contributed by atoms with E-state index in [0.29, 0.717) is 17.3 Å². The number of rotatable bonds is 6. The van der Waals surface area contributed by atoms with Crippen LogP contribution >= 0.6 is 11.6 Å². The van der Waals surface area contributed by atoms with Crippen molar-refractivity contribution in [1.82, 2.24) is 0 Å². The molecule has 0 aromatic heterocycles. The highest BCUT2D eigenvalue weighted by atomic mass is 35.5. The van der Waals surface area contributed by atoms with Crippen LogP contribution in [0.4, 0.5) is 11.4 Å². The largest absolute Gasteiger partial charge is 0.492 e. The summed E-state index contributed by atoms with van der Waals surface area (Å²) in [6.45, 7) is 6.33. The van der Waals surface area contributed by atoms with Gasteiger partial charge in [-0.1, -0.05) is 11.6 Å². The molecule has 0 bridgehead atoms. The first kappa shape index (κ1) is 18.4. The molecule has 6 heteroatoms. The van der Waals surface area contributed by atoms with Gasteiger partial charge in [0.05, 0.1) is 12.3 Å². The van der Waals surface area contributed by atoms with Crippen LogP contribution in [0.25, 0.3) is 0 Å². The summed E-state index contributed by atoms with van der Waals surface area (Å²) in [5, 5.41) is 6.72. The highest BCUT2D eigenvalue weighted by Crippen LogP contribution is 2.38.